The van der Waals surface area contributed by atoms with E-state index in [2.05, 4.69) is 21.0 Å². The van der Waals surface area contributed by atoms with Crippen molar-refractivity contribution in [1.82, 2.24) is 29.7 Å². The lowest BCUT2D eigenvalue weighted by atomic mass is 9.92. The summed E-state index contributed by atoms with van der Waals surface area (Å²) in [5, 5.41) is 16.5. The highest BCUT2D eigenvalue weighted by atomic mass is 19.1. The molecule has 4 saturated heterocycles. The van der Waals surface area contributed by atoms with Crippen LogP contribution in [0.2, 0.25) is 0 Å². The molecule has 0 amide bonds. The van der Waals surface area contributed by atoms with Gasteiger partial charge in [0.15, 0.2) is 0 Å². The molecule has 4 aliphatic heterocycles. The van der Waals surface area contributed by atoms with E-state index in [1.165, 1.54) is 6.07 Å². The summed E-state index contributed by atoms with van der Waals surface area (Å²) in [4.78, 5) is 19.4. The van der Waals surface area contributed by atoms with Crippen LogP contribution in [0.1, 0.15) is 37.7 Å². The molecule has 4 atom stereocenters. The zero-order valence-electron chi connectivity index (χ0n) is 26.1. The molecule has 0 spiro atoms. The second-order valence-electron chi connectivity index (χ2n) is 13.8. The summed E-state index contributed by atoms with van der Waals surface area (Å²) < 4.78 is 38.1. The maximum atomic E-state index is 15.1. The number of aromatic hydroxyl groups is 1. The van der Waals surface area contributed by atoms with Crippen LogP contribution in [0.3, 0.4) is 0 Å². The van der Waals surface area contributed by atoms with Gasteiger partial charge in [0.1, 0.15) is 35.7 Å². The molecule has 0 radical (unpaired) electrons. The molecular formula is C36H35F2N7O2. The number of phenolic OH excluding ortho intramolecular Hbond substituents is 1. The van der Waals surface area contributed by atoms with Crippen molar-refractivity contribution in [2.75, 3.05) is 37.7 Å². The minimum Gasteiger partial charge on any atom is -0.508 e. The van der Waals surface area contributed by atoms with Crippen LogP contribution in [0.15, 0.2) is 36.7 Å². The first kappa shape index (κ1) is 28.7. The Bertz CT molecular complexity index is 2130. The van der Waals surface area contributed by atoms with Crippen LogP contribution < -0.4 is 15.0 Å². The highest BCUT2D eigenvalue weighted by molar-refractivity contribution is 6.17. The zero-order chi connectivity index (χ0) is 32.0. The SMILES string of the molecule is C#Cc1c(F)ccc2cc(O)cc(-c3cc4nc(OC[C@@]56CCCN5C[C@H](F)C6)nc(N5C[C@H]6CC[C@@H](C5)N6)c4c4ncn(C)c34)c12. The Kier molecular flexibility index (Phi) is 6.40. The number of nitrogens with one attached hydrogen (secondary N) is 1. The first-order valence-electron chi connectivity index (χ1n) is 16.4. The Hall–Kier alpha value is -4.53. The maximum Gasteiger partial charge on any atom is 0.319 e. The quantitative estimate of drug-likeness (QED) is 0.259. The van der Waals surface area contributed by atoms with E-state index in [1.807, 2.05) is 17.7 Å². The fraction of sp³-hybridized carbons (Fsp3) is 0.417. The Morgan fingerprint density at radius 1 is 1.11 bits per heavy atom. The van der Waals surface area contributed by atoms with Crippen molar-refractivity contribution in [3.8, 4) is 35.2 Å². The number of benzene rings is 3. The van der Waals surface area contributed by atoms with Crippen molar-refractivity contribution in [2.24, 2.45) is 7.05 Å². The van der Waals surface area contributed by atoms with Gasteiger partial charge in [-0.05, 0) is 67.4 Å². The number of fused-ring (bicyclic) bond motifs is 7. The van der Waals surface area contributed by atoms with Gasteiger partial charge in [-0.25, -0.2) is 13.8 Å². The first-order chi connectivity index (χ1) is 22.8. The average molecular weight is 636 g/mol. The molecule has 240 valence electrons. The minimum absolute atomic E-state index is 0.0318. The van der Waals surface area contributed by atoms with E-state index in [9.17, 15) is 9.50 Å². The van der Waals surface area contributed by atoms with Crippen LogP contribution in [0.25, 0.3) is 43.8 Å². The van der Waals surface area contributed by atoms with Crippen LogP contribution in [-0.2, 0) is 7.05 Å². The number of anilines is 1. The molecule has 9 nitrogen and oxygen atoms in total. The summed E-state index contributed by atoms with van der Waals surface area (Å²) in [5.41, 5.74) is 3.14. The van der Waals surface area contributed by atoms with Gasteiger partial charge in [-0.3, -0.25) is 4.90 Å². The van der Waals surface area contributed by atoms with Crippen molar-refractivity contribution < 1.29 is 18.6 Å². The van der Waals surface area contributed by atoms with Crippen molar-refractivity contribution in [3.63, 3.8) is 0 Å². The van der Waals surface area contributed by atoms with Gasteiger partial charge < -0.3 is 24.6 Å². The number of aromatic nitrogens is 4. The second-order valence-corrected chi connectivity index (χ2v) is 13.8. The van der Waals surface area contributed by atoms with Crippen LogP contribution >= 0.6 is 0 Å². The fourth-order valence-corrected chi connectivity index (χ4v) is 8.81. The topological polar surface area (TPSA) is 91.6 Å². The lowest BCUT2D eigenvalue weighted by molar-refractivity contribution is 0.107. The van der Waals surface area contributed by atoms with E-state index >= 15 is 4.39 Å². The number of halogens is 2. The summed E-state index contributed by atoms with van der Waals surface area (Å²) in [7, 11) is 1.91. The number of phenols is 1. The monoisotopic (exact) mass is 635 g/mol. The predicted octanol–water partition coefficient (Wildman–Crippen LogP) is 5.06. The van der Waals surface area contributed by atoms with Gasteiger partial charge in [0, 0.05) is 56.1 Å². The smallest absolute Gasteiger partial charge is 0.319 e. The number of hydrogen-bond acceptors (Lipinski definition) is 8. The van der Waals surface area contributed by atoms with Crippen molar-refractivity contribution in [3.05, 3.63) is 48.0 Å². The lowest BCUT2D eigenvalue weighted by Crippen LogP contribution is -2.51. The Balaban J connectivity index is 1.27. The number of ether oxygens (including phenoxy) is 1. The molecular weight excluding hydrogens is 600 g/mol. The second kappa shape index (κ2) is 10.5. The van der Waals surface area contributed by atoms with E-state index in [0.717, 1.165) is 62.0 Å². The summed E-state index contributed by atoms with van der Waals surface area (Å²) in [6, 6.07) is 9.06. The van der Waals surface area contributed by atoms with Gasteiger partial charge in [0.2, 0.25) is 0 Å². The molecule has 2 bridgehead atoms. The van der Waals surface area contributed by atoms with Gasteiger partial charge in [-0.15, -0.1) is 6.42 Å². The normalized spacial score (nSPS) is 25.7. The standard InChI is InChI=1S/C36H35F2N7O2/c1-3-25-28(38)8-5-20-11-24(46)12-26(30(20)25)27-13-29-31(32-33(27)43(2)19-39-32)34(44-16-22-6-7-23(17-44)40-22)42-35(41-29)47-18-36-9-4-10-45(36)15-21(37)14-36/h1,5,8,11-13,19,21-23,40,46H,4,6-7,9-10,14-18H2,2H3/t21-,22-,23+,36+/m1/s1. The van der Waals surface area contributed by atoms with Gasteiger partial charge in [-0.1, -0.05) is 12.0 Å². The van der Waals surface area contributed by atoms with E-state index in [4.69, 9.17) is 26.1 Å². The number of terminal acetylenes is 1. The molecule has 11 heteroatoms. The van der Waals surface area contributed by atoms with Crippen molar-refractivity contribution in [1.29, 1.82) is 0 Å². The van der Waals surface area contributed by atoms with E-state index in [1.54, 1.807) is 24.5 Å². The average Bonchev–Trinajstić information content (AvgIpc) is 3.80. The Morgan fingerprint density at radius 2 is 1.94 bits per heavy atom. The summed E-state index contributed by atoms with van der Waals surface area (Å²) in [6.45, 7) is 3.21. The lowest BCUT2D eigenvalue weighted by Gasteiger charge is -2.34. The maximum absolute atomic E-state index is 15.1. The van der Waals surface area contributed by atoms with E-state index in [-0.39, 0.29) is 22.9 Å². The van der Waals surface area contributed by atoms with Gasteiger partial charge in [-0.2, -0.15) is 9.97 Å². The van der Waals surface area contributed by atoms with Crippen molar-refractivity contribution >= 4 is 38.5 Å². The highest BCUT2D eigenvalue weighted by Crippen LogP contribution is 2.44. The van der Waals surface area contributed by atoms with Crippen LogP contribution in [0.4, 0.5) is 14.6 Å². The molecule has 6 heterocycles. The molecule has 2 aromatic heterocycles. The molecule has 0 saturated carbocycles. The third-order valence-electron chi connectivity index (χ3n) is 10.8. The van der Waals surface area contributed by atoms with Gasteiger partial charge >= 0.3 is 6.01 Å². The molecule has 3 aromatic carbocycles. The predicted molar refractivity (Wildman–Crippen MR) is 177 cm³/mol. The van der Waals surface area contributed by atoms with Crippen LogP contribution in [0.5, 0.6) is 11.8 Å². The Labute approximate surface area is 270 Å². The van der Waals surface area contributed by atoms with Crippen LogP contribution in [-0.4, -0.2) is 86.1 Å². The molecule has 2 N–H and O–H groups in total. The summed E-state index contributed by atoms with van der Waals surface area (Å²) in [6.07, 6.45) is 11.3. The molecule has 9 rings (SSSR count). The number of alkyl halides is 1. The molecule has 4 aliphatic rings. The number of piperazine rings is 1. The molecule has 47 heavy (non-hydrogen) atoms. The summed E-state index contributed by atoms with van der Waals surface area (Å²) >= 11 is 0. The third kappa shape index (κ3) is 4.45. The molecule has 0 aliphatic carbocycles. The largest absolute Gasteiger partial charge is 0.508 e. The number of imidazole rings is 1. The molecule has 5 aromatic rings. The number of rotatable bonds is 5. The number of aryl methyl sites for hydroxylation is 1. The molecule has 4 fully saturated rings. The van der Waals surface area contributed by atoms with Crippen LogP contribution in [0, 0.1) is 18.2 Å². The third-order valence-corrected chi connectivity index (χ3v) is 10.8. The highest BCUT2D eigenvalue weighted by Gasteiger charge is 2.49. The fourth-order valence-electron chi connectivity index (χ4n) is 8.81. The van der Waals surface area contributed by atoms with Crippen molar-refractivity contribution in [2.45, 2.75) is 55.9 Å². The number of hydrogen-bond donors (Lipinski definition) is 2. The first-order valence-corrected chi connectivity index (χ1v) is 16.4. The molecule has 0 unspecified atom stereocenters. The zero-order valence-corrected chi connectivity index (χ0v) is 26.1. The Morgan fingerprint density at radius 3 is 2.74 bits per heavy atom. The van der Waals surface area contributed by atoms with E-state index in [0.29, 0.717) is 64.6 Å². The number of nitrogens with zero attached hydrogens (tertiary/aromatic N) is 6. The van der Waals surface area contributed by atoms with Gasteiger partial charge in [0.25, 0.3) is 0 Å². The van der Waals surface area contributed by atoms with Gasteiger partial charge in [0.05, 0.1) is 33.8 Å². The summed E-state index contributed by atoms with van der Waals surface area (Å²) in [5.74, 6) is 2.81. The minimum atomic E-state index is -0.863. The van der Waals surface area contributed by atoms with E-state index < -0.39 is 12.0 Å².